The van der Waals surface area contributed by atoms with Crippen LogP contribution in [-0.2, 0) is 9.53 Å². The second-order valence-electron chi connectivity index (χ2n) is 14.8. The lowest BCUT2D eigenvalue weighted by molar-refractivity contribution is -0.178. The number of hydrogen-bond donors (Lipinski definition) is 1. The van der Waals surface area contributed by atoms with Crippen molar-refractivity contribution in [2.75, 3.05) is 7.11 Å². The van der Waals surface area contributed by atoms with Crippen molar-refractivity contribution in [1.82, 2.24) is 0 Å². The minimum atomic E-state index is -0.613. The van der Waals surface area contributed by atoms with Crippen molar-refractivity contribution in [2.24, 2.45) is 50.7 Å². The largest absolute Gasteiger partial charge is 0.392 e. The summed E-state index contributed by atoms with van der Waals surface area (Å²) in [4.78, 5) is 12.3. The molecule has 0 spiro atoms. The molecule has 0 saturated heterocycles. The number of aldehydes is 1. The Labute approximate surface area is 208 Å². The van der Waals surface area contributed by atoms with Crippen molar-refractivity contribution < 1.29 is 14.6 Å². The van der Waals surface area contributed by atoms with Gasteiger partial charge < -0.3 is 14.6 Å². The Hall–Kier alpha value is -0.670. The first-order chi connectivity index (χ1) is 15.9. The maximum atomic E-state index is 12.3. The Kier molecular flexibility index (Phi) is 5.82. The lowest BCUT2D eigenvalue weighted by Crippen LogP contribution is -2.58. The van der Waals surface area contributed by atoms with Gasteiger partial charge in [0.2, 0.25) is 0 Å². The van der Waals surface area contributed by atoms with E-state index < -0.39 is 11.5 Å². The molecule has 10 unspecified atom stereocenters. The van der Waals surface area contributed by atoms with Crippen LogP contribution in [0.5, 0.6) is 0 Å². The van der Waals surface area contributed by atoms with Crippen LogP contribution in [0.3, 0.4) is 0 Å². The van der Waals surface area contributed by atoms with Crippen LogP contribution in [0, 0.1) is 50.7 Å². The minimum Gasteiger partial charge on any atom is -0.392 e. The number of rotatable bonds is 2. The van der Waals surface area contributed by atoms with Gasteiger partial charge >= 0.3 is 0 Å². The smallest absolute Gasteiger partial charge is 0.128 e. The molecule has 3 heteroatoms. The third-order valence-corrected chi connectivity index (χ3v) is 13.1. The van der Waals surface area contributed by atoms with E-state index in [0.717, 1.165) is 37.4 Å². The van der Waals surface area contributed by atoms with Gasteiger partial charge in [0.1, 0.15) is 6.29 Å². The van der Waals surface area contributed by atoms with E-state index in [1.165, 1.54) is 44.9 Å². The quantitative estimate of drug-likeness (QED) is 0.350. The van der Waals surface area contributed by atoms with Gasteiger partial charge in [0.25, 0.3) is 0 Å². The zero-order valence-electron chi connectivity index (χ0n) is 23.0. The Morgan fingerprint density at radius 3 is 2.26 bits per heavy atom. The van der Waals surface area contributed by atoms with Gasteiger partial charge in [-0.15, -0.1) is 0 Å². The van der Waals surface area contributed by atoms with Crippen LogP contribution in [0.4, 0.5) is 0 Å². The number of aliphatic hydroxyl groups is 1. The molecule has 0 heterocycles. The van der Waals surface area contributed by atoms with Gasteiger partial charge in [-0.25, -0.2) is 0 Å². The Morgan fingerprint density at radius 1 is 0.882 bits per heavy atom. The van der Waals surface area contributed by atoms with E-state index in [-0.39, 0.29) is 16.7 Å². The molecule has 5 rings (SSSR count). The zero-order chi connectivity index (χ0) is 24.7. The average molecular weight is 471 g/mol. The van der Waals surface area contributed by atoms with Gasteiger partial charge in [0.15, 0.2) is 0 Å². The van der Waals surface area contributed by atoms with Crippen molar-refractivity contribution >= 4 is 6.29 Å². The fraction of sp³-hybridized carbons (Fsp3) is 0.903. The normalized spacial score (nSPS) is 54.4. The number of methoxy groups -OCH3 is 1. The molecule has 192 valence electrons. The van der Waals surface area contributed by atoms with Gasteiger partial charge in [-0.2, -0.15) is 0 Å². The van der Waals surface area contributed by atoms with Crippen molar-refractivity contribution in [3.8, 4) is 0 Å². The number of ether oxygens (including phenoxy) is 1. The van der Waals surface area contributed by atoms with Crippen molar-refractivity contribution in [1.29, 1.82) is 0 Å². The molecule has 4 fully saturated rings. The molecule has 3 nitrogen and oxygen atoms in total. The molecule has 0 amide bonds. The highest BCUT2D eigenvalue weighted by Crippen LogP contribution is 2.70. The van der Waals surface area contributed by atoms with Gasteiger partial charge in [-0.05, 0) is 110 Å². The van der Waals surface area contributed by atoms with Crippen LogP contribution in [0.1, 0.15) is 106 Å². The van der Waals surface area contributed by atoms with Crippen molar-refractivity contribution in [3.63, 3.8) is 0 Å². The topological polar surface area (TPSA) is 46.5 Å². The second kappa shape index (κ2) is 7.91. The van der Waals surface area contributed by atoms with Crippen LogP contribution in [0.15, 0.2) is 11.6 Å². The molecule has 0 radical (unpaired) electrons. The van der Waals surface area contributed by atoms with Crippen LogP contribution < -0.4 is 0 Å². The van der Waals surface area contributed by atoms with Crippen LogP contribution in [0.25, 0.3) is 0 Å². The fourth-order valence-corrected chi connectivity index (χ4v) is 11.3. The van der Waals surface area contributed by atoms with Crippen molar-refractivity contribution in [2.45, 2.75) is 118 Å². The molecule has 5 aliphatic carbocycles. The van der Waals surface area contributed by atoms with Gasteiger partial charge in [-0.1, -0.05) is 53.2 Å². The summed E-state index contributed by atoms with van der Waals surface area (Å²) in [6.07, 6.45) is 15.2. The summed E-state index contributed by atoms with van der Waals surface area (Å²) in [5.41, 5.74) is 2.17. The average Bonchev–Trinajstić information content (AvgIpc) is 2.93. The summed E-state index contributed by atoms with van der Waals surface area (Å²) in [5, 5.41) is 10.8. The van der Waals surface area contributed by atoms with E-state index in [1.807, 2.05) is 14.0 Å². The monoisotopic (exact) mass is 470 g/mol. The molecule has 0 bridgehead atoms. The Bertz CT molecular complexity index is 861. The molecule has 0 aliphatic heterocycles. The molecule has 10 atom stereocenters. The van der Waals surface area contributed by atoms with Crippen LogP contribution >= 0.6 is 0 Å². The number of allylic oxidation sites excluding steroid dienone is 2. The van der Waals surface area contributed by atoms with Gasteiger partial charge in [-0.3, -0.25) is 0 Å². The number of aliphatic hydroxyl groups excluding tert-OH is 1. The summed E-state index contributed by atoms with van der Waals surface area (Å²) in [6, 6.07) is 0. The van der Waals surface area contributed by atoms with E-state index in [1.54, 1.807) is 5.57 Å². The highest BCUT2D eigenvalue weighted by Gasteiger charge is 2.63. The molecule has 0 aromatic carbocycles. The minimum absolute atomic E-state index is 0.121. The fourth-order valence-electron chi connectivity index (χ4n) is 11.3. The Morgan fingerprint density at radius 2 is 1.59 bits per heavy atom. The lowest BCUT2D eigenvalue weighted by atomic mass is 9.42. The van der Waals surface area contributed by atoms with Gasteiger partial charge in [0.05, 0.1) is 17.6 Å². The first-order valence-corrected chi connectivity index (χ1v) is 14.2. The van der Waals surface area contributed by atoms with E-state index in [9.17, 15) is 9.90 Å². The summed E-state index contributed by atoms with van der Waals surface area (Å²) in [7, 11) is 1.91. The van der Waals surface area contributed by atoms with E-state index in [2.05, 4.69) is 40.7 Å². The molecule has 0 aromatic heterocycles. The first-order valence-electron chi connectivity index (χ1n) is 14.2. The number of hydrogen-bond acceptors (Lipinski definition) is 3. The van der Waals surface area contributed by atoms with E-state index in [0.29, 0.717) is 22.9 Å². The van der Waals surface area contributed by atoms with Crippen molar-refractivity contribution in [3.05, 3.63) is 11.6 Å². The number of fused-ring (bicyclic) bond motifs is 6. The summed E-state index contributed by atoms with van der Waals surface area (Å²) in [5.74, 6) is 2.28. The molecule has 34 heavy (non-hydrogen) atoms. The summed E-state index contributed by atoms with van der Waals surface area (Å²) in [6.45, 7) is 14.7. The number of carbonyl (C=O) groups is 1. The maximum Gasteiger partial charge on any atom is 0.128 e. The second-order valence-corrected chi connectivity index (χ2v) is 14.8. The predicted molar refractivity (Wildman–Crippen MR) is 137 cm³/mol. The summed E-state index contributed by atoms with van der Waals surface area (Å²) >= 11 is 0. The van der Waals surface area contributed by atoms with Gasteiger partial charge in [0, 0.05) is 7.11 Å². The SMILES string of the molecule is COC1CCC2(C)C3CCC4C(=CCC5C(C)(C=O)C(O)CCC45C)CC3(C)CCC2C1(C)C. The standard InChI is InChI=1S/C31H50O3/c1-27(2)22-12-15-28(3)18-20-8-10-24-29(4,16-13-25(33)31(24,6)19-32)21(20)9-11-23(28)30(22,5)17-14-26(27)34-7/h8,19,21-26,33H,9-18H2,1-7H3. The molecule has 1 N–H and O–H groups in total. The maximum absolute atomic E-state index is 12.3. The highest BCUT2D eigenvalue weighted by molar-refractivity contribution is 5.61. The first kappa shape index (κ1) is 25.0. The van der Waals surface area contributed by atoms with Crippen LogP contribution in [-0.4, -0.2) is 30.7 Å². The molecule has 0 aromatic rings. The van der Waals surface area contributed by atoms with Crippen LogP contribution in [0.2, 0.25) is 0 Å². The highest BCUT2D eigenvalue weighted by atomic mass is 16.5. The third kappa shape index (κ3) is 3.17. The number of carbonyl (C=O) groups excluding carboxylic acids is 1. The summed E-state index contributed by atoms with van der Waals surface area (Å²) < 4.78 is 6.02. The molecule has 4 saturated carbocycles. The zero-order valence-corrected chi connectivity index (χ0v) is 23.0. The predicted octanol–water partition coefficient (Wildman–Crippen LogP) is 6.97. The third-order valence-electron chi connectivity index (χ3n) is 13.1. The molecular formula is C31H50O3. The lowest BCUT2D eigenvalue weighted by Gasteiger charge is -2.64. The molecule has 5 aliphatic rings. The Balaban J connectivity index is 1.50. The molecular weight excluding hydrogens is 420 g/mol. The van der Waals surface area contributed by atoms with E-state index >= 15 is 0 Å². The van der Waals surface area contributed by atoms with E-state index in [4.69, 9.17) is 4.74 Å².